The SMILES string of the molecule is c1cc2c3nsnc3c3ccsc3c2s1. The zero-order chi connectivity index (χ0) is 9.83. The number of rotatable bonds is 0. The molecular weight excluding hydrogens is 244 g/mol. The molecule has 4 rings (SSSR count). The number of benzene rings is 1. The summed E-state index contributed by atoms with van der Waals surface area (Å²) in [5.41, 5.74) is 2.12. The largest absolute Gasteiger partial charge is 0.172 e. The number of aromatic nitrogens is 2. The van der Waals surface area contributed by atoms with E-state index < -0.39 is 0 Å². The van der Waals surface area contributed by atoms with Crippen molar-refractivity contribution >= 4 is 65.6 Å². The van der Waals surface area contributed by atoms with Crippen LogP contribution >= 0.6 is 34.4 Å². The number of hydrogen-bond acceptors (Lipinski definition) is 5. The number of nitrogens with zero attached hydrogens (tertiary/aromatic N) is 2. The van der Waals surface area contributed by atoms with E-state index in [2.05, 4.69) is 31.6 Å². The van der Waals surface area contributed by atoms with Crippen LogP contribution in [0, 0.1) is 0 Å². The van der Waals surface area contributed by atoms with Crippen molar-refractivity contribution < 1.29 is 0 Å². The van der Waals surface area contributed by atoms with E-state index in [1.54, 1.807) is 22.7 Å². The van der Waals surface area contributed by atoms with E-state index in [0.29, 0.717) is 0 Å². The molecule has 15 heavy (non-hydrogen) atoms. The summed E-state index contributed by atoms with van der Waals surface area (Å²) in [7, 11) is 0. The second kappa shape index (κ2) is 2.75. The normalized spacial score (nSPS) is 12.0. The average Bonchev–Trinajstić information content (AvgIpc) is 2.97. The van der Waals surface area contributed by atoms with Crippen molar-refractivity contribution in [1.82, 2.24) is 8.75 Å². The Bertz CT molecular complexity index is 583. The molecule has 0 saturated heterocycles. The predicted molar refractivity (Wildman–Crippen MR) is 68.2 cm³/mol. The highest BCUT2D eigenvalue weighted by Gasteiger charge is 2.12. The minimum absolute atomic E-state index is 1.06. The van der Waals surface area contributed by atoms with Gasteiger partial charge in [0.15, 0.2) is 0 Å². The lowest BCUT2D eigenvalue weighted by Crippen LogP contribution is -1.72. The summed E-state index contributed by atoms with van der Waals surface area (Å²) in [5, 5.41) is 6.75. The van der Waals surface area contributed by atoms with Gasteiger partial charge in [0.2, 0.25) is 0 Å². The third-order valence-corrected chi connectivity index (χ3v) is 5.06. The molecule has 72 valence electrons. The molecule has 0 fully saturated rings. The first-order valence-corrected chi connectivity index (χ1v) is 6.93. The van der Waals surface area contributed by atoms with Crippen LogP contribution in [-0.2, 0) is 0 Å². The predicted octanol–water partition coefficient (Wildman–Crippen LogP) is 4.12. The van der Waals surface area contributed by atoms with Crippen molar-refractivity contribution in [3.63, 3.8) is 0 Å². The van der Waals surface area contributed by atoms with Crippen molar-refractivity contribution in [3.8, 4) is 0 Å². The van der Waals surface area contributed by atoms with Crippen molar-refractivity contribution in [2.24, 2.45) is 0 Å². The van der Waals surface area contributed by atoms with E-state index in [1.165, 1.54) is 31.9 Å². The van der Waals surface area contributed by atoms with Crippen molar-refractivity contribution in [1.29, 1.82) is 0 Å². The van der Waals surface area contributed by atoms with Crippen LogP contribution in [-0.4, -0.2) is 8.75 Å². The summed E-state index contributed by atoms with van der Waals surface area (Å²) in [5.74, 6) is 0. The Kier molecular flexibility index (Phi) is 1.49. The van der Waals surface area contributed by atoms with Crippen molar-refractivity contribution in [3.05, 3.63) is 22.9 Å². The van der Waals surface area contributed by atoms with Gasteiger partial charge in [0.1, 0.15) is 11.0 Å². The first kappa shape index (κ1) is 8.15. The summed E-state index contributed by atoms with van der Waals surface area (Å²) in [6.45, 7) is 0. The van der Waals surface area contributed by atoms with Crippen molar-refractivity contribution in [2.45, 2.75) is 0 Å². The van der Waals surface area contributed by atoms with Crippen LogP contribution in [0.3, 0.4) is 0 Å². The van der Waals surface area contributed by atoms with Crippen LogP contribution in [0.15, 0.2) is 22.9 Å². The van der Waals surface area contributed by atoms with Crippen molar-refractivity contribution in [2.75, 3.05) is 0 Å². The van der Waals surface area contributed by atoms with Crippen LogP contribution in [0.25, 0.3) is 31.2 Å². The molecule has 0 amide bonds. The Morgan fingerprint density at radius 1 is 0.800 bits per heavy atom. The average molecular weight is 248 g/mol. The molecule has 0 aliphatic carbocycles. The fourth-order valence-corrected chi connectivity index (χ4v) is 4.45. The monoisotopic (exact) mass is 248 g/mol. The van der Waals surface area contributed by atoms with Gasteiger partial charge in [-0.15, -0.1) is 22.7 Å². The van der Waals surface area contributed by atoms with Crippen LogP contribution in [0.1, 0.15) is 0 Å². The van der Waals surface area contributed by atoms with E-state index in [9.17, 15) is 0 Å². The van der Waals surface area contributed by atoms with Gasteiger partial charge in [0.25, 0.3) is 0 Å². The summed E-state index contributed by atoms with van der Waals surface area (Å²) in [4.78, 5) is 0. The molecule has 0 bridgehead atoms. The minimum Gasteiger partial charge on any atom is -0.172 e. The number of hydrogen-bond donors (Lipinski definition) is 0. The van der Waals surface area contributed by atoms with Crippen LogP contribution in [0.5, 0.6) is 0 Å². The molecule has 0 unspecified atom stereocenters. The second-order valence-electron chi connectivity index (χ2n) is 3.29. The van der Waals surface area contributed by atoms with E-state index in [0.717, 1.165) is 11.0 Å². The Morgan fingerprint density at radius 3 is 1.87 bits per heavy atom. The van der Waals surface area contributed by atoms with Gasteiger partial charge < -0.3 is 0 Å². The van der Waals surface area contributed by atoms with Crippen LogP contribution in [0.4, 0.5) is 0 Å². The fraction of sp³-hybridized carbons (Fsp3) is 0. The highest BCUT2D eigenvalue weighted by Crippen LogP contribution is 2.39. The molecule has 3 heterocycles. The maximum atomic E-state index is 4.39. The third-order valence-electron chi connectivity index (χ3n) is 2.54. The maximum absolute atomic E-state index is 4.39. The molecule has 0 spiro atoms. The Labute approximate surface area is 97.1 Å². The first-order chi connectivity index (χ1) is 7.45. The van der Waals surface area contributed by atoms with E-state index in [-0.39, 0.29) is 0 Å². The standard InChI is InChI=1S/C10H4N2S3/c1-3-13-9-5(1)7-8(12-15-11-7)6-2-4-14-10(6)9/h1-4H. The molecule has 0 saturated carbocycles. The topological polar surface area (TPSA) is 25.8 Å². The number of fused-ring (bicyclic) bond motifs is 6. The zero-order valence-electron chi connectivity index (χ0n) is 7.43. The molecule has 0 atom stereocenters. The van der Waals surface area contributed by atoms with Crippen LogP contribution < -0.4 is 0 Å². The lowest BCUT2D eigenvalue weighted by Gasteiger charge is -1.94. The van der Waals surface area contributed by atoms with Gasteiger partial charge in [0.05, 0.1) is 21.1 Å². The third kappa shape index (κ3) is 0.928. The molecule has 5 heteroatoms. The quantitative estimate of drug-likeness (QED) is 0.468. The maximum Gasteiger partial charge on any atom is 0.114 e. The zero-order valence-corrected chi connectivity index (χ0v) is 9.88. The molecule has 2 nitrogen and oxygen atoms in total. The minimum atomic E-state index is 1.06. The second-order valence-corrected chi connectivity index (χ2v) is 5.65. The van der Waals surface area contributed by atoms with Gasteiger partial charge >= 0.3 is 0 Å². The molecule has 0 radical (unpaired) electrons. The smallest absolute Gasteiger partial charge is 0.114 e. The molecule has 0 aliphatic heterocycles. The van der Waals surface area contributed by atoms with Gasteiger partial charge in [-0.1, -0.05) is 0 Å². The molecule has 0 aliphatic rings. The van der Waals surface area contributed by atoms with Gasteiger partial charge in [-0.3, -0.25) is 0 Å². The summed E-state index contributed by atoms with van der Waals surface area (Å²) in [6, 6.07) is 4.28. The Balaban J connectivity index is 2.56. The fourth-order valence-electron chi connectivity index (χ4n) is 1.89. The summed E-state index contributed by atoms with van der Waals surface area (Å²) >= 11 is 4.87. The van der Waals surface area contributed by atoms with E-state index in [1.807, 2.05) is 0 Å². The number of thiophene rings is 2. The highest BCUT2D eigenvalue weighted by atomic mass is 32.1. The highest BCUT2D eigenvalue weighted by molar-refractivity contribution is 7.26. The van der Waals surface area contributed by atoms with Gasteiger partial charge in [0, 0.05) is 10.8 Å². The van der Waals surface area contributed by atoms with Gasteiger partial charge in [-0.25, -0.2) is 0 Å². The van der Waals surface area contributed by atoms with Gasteiger partial charge in [-0.2, -0.15) is 8.75 Å². The van der Waals surface area contributed by atoms with Crippen LogP contribution in [0.2, 0.25) is 0 Å². The Morgan fingerprint density at radius 2 is 1.33 bits per heavy atom. The summed E-state index contributed by atoms with van der Waals surface area (Å²) < 4.78 is 11.5. The first-order valence-electron chi connectivity index (χ1n) is 4.44. The van der Waals surface area contributed by atoms with Gasteiger partial charge in [-0.05, 0) is 22.9 Å². The lowest BCUT2D eigenvalue weighted by atomic mass is 10.2. The molecular formula is C10H4N2S3. The molecule has 1 aromatic carbocycles. The summed E-state index contributed by atoms with van der Waals surface area (Å²) in [6.07, 6.45) is 0. The van der Waals surface area contributed by atoms with E-state index >= 15 is 0 Å². The molecule has 4 aromatic rings. The molecule has 0 N–H and O–H groups in total. The molecule has 3 aromatic heterocycles. The Hall–Kier alpha value is -1.04. The van der Waals surface area contributed by atoms with E-state index in [4.69, 9.17) is 0 Å². The lowest BCUT2D eigenvalue weighted by molar-refractivity contribution is 1.72.